The molecule has 0 saturated carbocycles. The van der Waals surface area contributed by atoms with E-state index in [1.807, 2.05) is 67.8 Å². The van der Waals surface area contributed by atoms with E-state index in [9.17, 15) is 4.79 Å². The van der Waals surface area contributed by atoms with Crippen LogP contribution in [-0.4, -0.2) is 22.2 Å². The molecule has 0 aliphatic carbocycles. The molecular weight excluding hydrogens is 446 g/mol. The van der Waals surface area contributed by atoms with Crippen molar-refractivity contribution in [1.29, 1.82) is 5.26 Å². The zero-order chi connectivity index (χ0) is 23.9. The molecule has 0 aliphatic heterocycles. The van der Waals surface area contributed by atoms with Crippen LogP contribution in [0.4, 0.5) is 5.69 Å². The van der Waals surface area contributed by atoms with Gasteiger partial charge in [-0.2, -0.15) is 10.4 Å². The number of aromatic nitrogens is 2. The summed E-state index contributed by atoms with van der Waals surface area (Å²) in [6.07, 6.45) is 4.37. The number of nitrogens with zero attached hydrogens (tertiary/aromatic N) is 3. The third kappa shape index (κ3) is 5.70. The molecule has 1 heterocycles. The second-order valence-electron chi connectivity index (χ2n) is 7.94. The molecule has 0 radical (unpaired) electrons. The maximum atomic E-state index is 13.2. The smallest absolute Gasteiger partial charge is 0.246 e. The number of benzene rings is 3. The molecule has 4 aromatic rings. The number of amides is 1. The summed E-state index contributed by atoms with van der Waals surface area (Å²) in [5, 5.41) is 20.0. The fourth-order valence-corrected chi connectivity index (χ4v) is 4.01. The number of halogens is 1. The summed E-state index contributed by atoms with van der Waals surface area (Å²) in [6.45, 7) is 0.597. The van der Waals surface area contributed by atoms with Crippen LogP contribution >= 0.6 is 11.6 Å². The minimum absolute atomic E-state index is 0.170. The molecular formula is C27H24ClN5O. The maximum absolute atomic E-state index is 13.2. The Hall–Kier alpha value is -3.92. The quantitative estimate of drug-likeness (QED) is 0.375. The van der Waals surface area contributed by atoms with Crippen molar-refractivity contribution >= 4 is 23.2 Å². The van der Waals surface area contributed by atoms with Crippen LogP contribution in [0.5, 0.6) is 0 Å². The Morgan fingerprint density at radius 1 is 1.12 bits per heavy atom. The Balaban J connectivity index is 1.46. The number of carbonyl (C=O) groups is 1. The highest BCUT2D eigenvalue weighted by Crippen LogP contribution is 2.30. The summed E-state index contributed by atoms with van der Waals surface area (Å²) in [4.78, 5) is 13.2. The molecule has 170 valence electrons. The van der Waals surface area contributed by atoms with Crippen molar-refractivity contribution in [3.05, 3.63) is 107 Å². The number of hydrogen-bond donors (Lipinski definition) is 2. The van der Waals surface area contributed by atoms with Gasteiger partial charge in [-0.3, -0.25) is 9.48 Å². The summed E-state index contributed by atoms with van der Waals surface area (Å²) in [5.41, 5.74) is 4.99. The standard InChI is InChI=1S/C27H24ClN5O/c1-33-18-22(17-31-33)24-12-11-23(15-25(24)28)32-27(34)26(21-5-3-2-4-6-21)30-14-13-19-7-9-20(16-29)10-8-19/h2-12,15,17-18,26,30H,13-14H2,1H3,(H,32,34)/t26-/m1/s1. The van der Waals surface area contributed by atoms with Crippen molar-refractivity contribution in [3.8, 4) is 17.2 Å². The molecule has 2 N–H and O–H groups in total. The van der Waals surface area contributed by atoms with Crippen LogP contribution in [0.15, 0.2) is 85.2 Å². The average molecular weight is 470 g/mol. The molecule has 4 rings (SSSR count). The van der Waals surface area contributed by atoms with Gasteiger partial charge in [0, 0.05) is 36.6 Å². The number of carbonyl (C=O) groups excluding carboxylic acids is 1. The molecule has 1 aromatic heterocycles. The lowest BCUT2D eigenvalue weighted by Gasteiger charge is -2.19. The number of nitriles is 1. The highest BCUT2D eigenvalue weighted by Gasteiger charge is 2.20. The summed E-state index contributed by atoms with van der Waals surface area (Å²) in [7, 11) is 1.85. The predicted molar refractivity (Wildman–Crippen MR) is 134 cm³/mol. The van der Waals surface area contributed by atoms with Gasteiger partial charge in [-0.1, -0.05) is 60.1 Å². The van der Waals surface area contributed by atoms with Gasteiger partial charge in [0.25, 0.3) is 0 Å². The first-order valence-electron chi connectivity index (χ1n) is 10.9. The second-order valence-corrected chi connectivity index (χ2v) is 8.35. The van der Waals surface area contributed by atoms with Gasteiger partial charge < -0.3 is 10.6 Å². The molecule has 3 aromatic carbocycles. The first kappa shape index (κ1) is 23.2. The number of aryl methyl sites for hydroxylation is 1. The van der Waals surface area contributed by atoms with E-state index in [4.69, 9.17) is 16.9 Å². The van der Waals surface area contributed by atoms with Gasteiger partial charge in [0.15, 0.2) is 0 Å². The van der Waals surface area contributed by atoms with Crippen LogP contribution < -0.4 is 10.6 Å². The van der Waals surface area contributed by atoms with E-state index in [1.165, 1.54) is 0 Å². The van der Waals surface area contributed by atoms with Crippen LogP contribution in [0.3, 0.4) is 0 Å². The Bertz CT molecular complexity index is 1310. The lowest BCUT2D eigenvalue weighted by molar-refractivity contribution is -0.118. The van der Waals surface area contributed by atoms with Gasteiger partial charge in [-0.05, 0) is 41.8 Å². The van der Waals surface area contributed by atoms with Gasteiger partial charge >= 0.3 is 0 Å². The summed E-state index contributed by atoms with van der Waals surface area (Å²) in [5.74, 6) is -0.170. The highest BCUT2D eigenvalue weighted by molar-refractivity contribution is 6.33. The monoisotopic (exact) mass is 469 g/mol. The van der Waals surface area contributed by atoms with E-state index >= 15 is 0 Å². The normalized spacial score (nSPS) is 11.6. The molecule has 1 amide bonds. The van der Waals surface area contributed by atoms with Crippen LogP contribution in [0.2, 0.25) is 5.02 Å². The Labute approximate surface area is 203 Å². The average Bonchev–Trinajstić information content (AvgIpc) is 3.28. The molecule has 7 heteroatoms. The van der Waals surface area contributed by atoms with E-state index in [1.54, 1.807) is 29.1 Å². The van der Waals surface area contributed by atoms with Crippen molar-refractivity contribution in [2.24, 2.45) is 7.05 Å². The van der Waals surface area contributed by atoms with Crippen molar-refractivity contribution in [2.45, 2.75) is 12.5 Å². The zero-order valence-electron chi connectivity index (χ0n) is 18.7. The Kier molecular flexibility index (Phi) is 7.38. The van der Waals surface area contributed by atoms with Crippen molar-refractivity contribution in [3.63, 3.8) is 0 Å². The third-order valence-corrected chi connectivity index (χ3v) is 5.81. The predicted octanol–water partition coefficient (Wildman–Crippen LogP) is 5.12. The fraction of sp³-hybridized carbons (Fsp3) is 0.148. The molecule has 34 heavy (non-hydrogen) atoms. The fourth-order valence-electron chi connectivity index (χ4n) is 3.72. The van der Waals surface area contributed by atoms with Crippen molar-refractivity contribution < 1.29 is 4.79 Å². The van der Waals surface area contributed by atoms with Crippen LogP contribution in [0, 0.1) is 11.3 Å². The van der Waals surface area contributed by atoms with Gasteiger partial charge in [-0.25, -0.2) is 0 Å². The van der Waals surface area contributed by atoms with Crippen LogP contribution in [-0.2, 0) is 18.3 Å². The summed E-state index contributed by atoms with van der Waals surface area (Å²) >= 11 is 6.50. The molecule has 6 nitrogen and oxygen atoms in total. The van der Waals surface area contributed by atoms with E-state index < -0.39 is 6.04 Å². The lowest BCUT2D eigenvalue weighted by Crippen LogP contribution is -2.34. The molecule has 0 saturated heterocycles. The molecule has 0 bridgehead atoms. The summed E-state index contributed by atoms with van der Waals surface area (Å²) < 4.78 is 1.72. The molecule has 0 aliphatic rings. The summed E-state index contributed by atoms with van der Waals surface area (Å²) in [6, 6.07) is 24.1. The largest absolute Gasteiger partial charge is 0.324 e. The highest BCUT2D eigenvalue weighted by atomic mass is 35.5. The minimum Gasteiger partial charge on any atom is -0.324 e. The first-order valence-corrected chi connectivity index (χ1v) is 11.3. The lowest BCUT2D eigenvalue weighted by atomic mass is 10.0. The zero-order valence-corrected chi connectivity index (χ0v) is 19.5. The molecule has 0 spiro atoms. The minimum atomic E-state index is -0.531. The maximum Gasteiger partial charge on any atom is 0.246 e. The SMILES string of the molecule is Cn1cc(-c2ccc(NC(=O)[C@H](NCCc3ccc(C#N)cc3)c3ccccc3)cc2Cl)cn1. The van der Waals surface area contributed by atoms with E-state index in [0.717, 1.165) is 28.7 Å². The molecule has 0 fully saturated rings. The first-order chi connectivity index (χ1) is 16.5. The number of rotatable bonds is 8. The number of anilines is 1. The van der Waals surface area contributed by atoms with Gasteiger partial charge in [0.05, 0.1) is 22.9 Å². The van der Waals surface area contributed by atoms with Crippen LogP contribution in [0.25, 0.3) is 11.1 Å². The number of hydrogen-bond acceptors (Lipinski definition) is 4. The molecule has 0 unspecified atom stereocenters. The van der Waals surface area contributed by atoms with Gasteiger partial charge in [-0.15, -0.1) is 0 Å². The third-order valence-electron chi connectivity index (χ3n) is 5.49. The molecule has 1 atom stereocenters. The number of nitrogens with one attached hydrogen (secondary N) is 2. The van der Waals surface area contributed by atoms with Gasteiger partial charge in [0.2, 0.25) is 5.91 Å². The van der Waals surface area contributed by atoms with Crippen molar-refractivity contribution in [2.75, 3.05) is 11.9 Å². The Morgan fingerprint density at radius 2 is 1.88 bits per heavy atom. The van der Waals surface area contributed by atoms with Gasteiger partial charge in [0.1, 0.15) is 6.04 Å². The Morgan fingerprint density at radius 3 is 2.53 bits per heavy atom. The second kappa shape index (κ2) is 10.8. The van der Waals surface area contributed by atoms with E-state index in [2.05, 4.69) is 21.8 Å². The van der Waals surface area contributed by atoms with Crippen molar-refractivity contribution in [1.82, 2.24) is 15.1 Å². The van der Waals surface area contributed by atoms with Crippen LogP contribution in [0.1, 0.15) is 22.7 Å². The van der Waals surface area contributed by atoms with E-state index in [-0.39, 0.29) is 5.91 Å². The van der Waals surface area contributed by atoms with E-state index in [0.29, 0.717) is 22.8 Å². The topological polar surface area (TPSA) is 82.7 Å².